The topological polar surface area (TPSA) is 58.6 Å². The van der Waals surface area contributed by atoms with Crippen LogP contribution in [0.4, 0.5) is 5.69 Å². The summed E-state index contributed by atoms with van der Waals surface area (Å²) in [5.41, 5.74) is 1.96. The van der Waals surface area contributed by atoms with Gasteiger partial charge in [-0.25, -0.2) is 0 Å². The lowest BCUT2D eigenvalue weighted by molar-refractivity contribution is -0.126. The Morgan fingerprint density at radius 1 is 1.23 bits per heavy atom. The monoisotopic (exact) mass is 372 g/mol. The Bertz CT molecular complexity index is 792. The summed E-state index contributed by atoms with van der Waals surface area (Å²) in [6.45, 7) is 3.08. The Balaban J connectivity index is 1.47. The van der Waals surface area contributed by atoms with Gasteiger partial charge in [0.15, 0.2) is 0 Å². The van der Waals surface area contributed by atoms with E-state index in [1.807, 2.05) is 43.3 Å². The first-order valence-electron chi connectivity index (χ1n) is 8.56. The van der Waals surface area contributed by atoms with E-state index in [0.717, 1.165) is 11.3 Å². The largest absolute Gasteiger partial charge is 0.490 e. The maximum atomic E-state index is 12.3. The molecular formula is C20H21ClN2O3. The standard InChI is InChI=1S/C20H21ClN2O3/c1-14-6-8-16(9-7-14)23-13-15(12-19(23)24)20(25)22-10-11-26-18-5-3-2-4-17(18)21/h2-9,15H,10-13H2,1H3,(H,22,25)/t15-/m1/s1. The van der Waals surface area contributed by atoms with Crippen LogP contribution >= 0.6 is 11.6 Å². The van der Waals surface area contributed by atoms with Gasteiger partial charge in [-0.3, -0.25) is 9.59 Å². The molecule has 136 valence electrons. The van der Waals surface area contributed by atoms with E-state index in [4.69, 9.17) is 16.3 Å². The van der Waals surface area contributed by atoms with Gasteiger partial charge >= 0.3 is 0 Å². The Morgan fingerprint density at radius 3 is 2.69 bits per heavy atom. The molecule has 0 radical (unpaired) electrons. The SMILES string of the molecule is Cc1ccc(N2C[C@H](C(=O)NCCOc3ccccc3Cl)CC2=O)cc1. The molecule has 1 heterocycles. The maximum absolute atomic E-state index is 12.3. The Hall–Kier alpha value is -2.53. The molecule has 0 spiro atoms. The highest BCUT2D eigenvalue weighted by atomic mass is 35.5. The van der Waals surface area contributed by atoms with Crippen molar-refractivity contribution in [1.29, 1.82) is 0 Å². The van der Waals surface area contributed by atoms with Crippen LogP contribution < -0.4 is 15.0 Å². The number of carbonyl (C=O) groups excluding carboxylic acids is 2. The van der Waals surface area contributed by atoms with Crippen molar-refractivity contribution in [2.24, 2.45) is 5.92 Å². The smallest absolute Gasteiger partial charge is 0.227 e. The van der Waals surface area contributed by atoms with Gasteiger partial charge in [0.1, 0.15) is 12.4 Å². The van der Waals surface area contributed by atoms with Gasteiger partial charge in [0, 0.05) is 18.7 Å². The van der Waals surface area contributed by atoms with Crippen LogP contribution in [0.15, 0.2) is 48.5 Å². The summed E-state index contributed by atoms with van der Waals surface area (Å²) >= 11 is 6.01. The van der Waals surface area contributed by atoms with Crippen LogP contribution in [0.1, 0.15) is 12.0 Å². The van der Waals surface area contributed by atoms with Crippen LogP contribution in [-0.2, 0) is 9.59 Å². The van der Waals surface area contributed by atoms with E-state index in [0.29, 0.717) is 30.5 Å². The van der Waals surface area contributed by atoms with Crippen LogP contribution in [0.5, 0.6) is 5.75 Å². The predicted octanol–water partition coefficient (Wildman–Crippen LogP) is 3.20. The molecule has 2 amide bonds. The fourth-order valence-electron chi connectivity index (χ4n) is 2.90. The highest BCUT2D eigenvalue weighted by Gasteiger charge is 2.34. The lowest BCUT2D eigenvalue weighted by Crippen LogP contribution is -2.35. The summed E-state index contributed by atoms with van der Waals surface area (Å²) in [4.78, 5) is 26.2. The number of aryl methyl sites for hydroxylation is 1. The van der Waals surface area contributed by atoms with Crippen molar-refractivity contribution in [2.45, 2.75) is 13.3 Å². The van der Waals surface area contributed by atoms with Crippen molar-refractivity contribution in [1.82, 2.24) is 5.32 Å². The van der Waals surface area contributed by atoms with Gasteiger partial charge in [0.05, 0.1) is 17.5 Å². The van der Waals surface area contributed by atoms with Gasteiger partial charge in [0.25, 0.3) is 0 Å². The second-order valence-electron chi connectivity index (χ2n) is 6.31. The minimum absolute atomic E-state index is 0.0266. The highest BCUT2D eigenvalue weighted by Crippen LogP contribution is 2.25. The van der Waals surface area contributed by atoms with E-state index in [9.17, 15) is 9.59 Å². The lowest BCUT2D eigenvalue weighted by atomic mass is 10.1. The molecule has 0 bridgehead atoms. The average Bonchev–Trinajstić information content (AvgIpc) is 3.02. The van der Waals surface area contributed by atoms with Crippen molar-refractivity contribution in [3.05, 3.63) is 59.1 Å². The molecule has 26 heavy (non-hydrogen) atoms. The number of para-hydroxylation sites is 1. The second-order valence-corrected chi connectivity index (χ2v) is 6.72. The molecule has 1 aliphatic rings. The van der Waals surface area contributed by atoms with Gasteiger partial charge < -0.3 is 15.0 Å². The molecule has 1 aliphatic heterocycles. The van der Waals surface area contributed by atoms with E-state index >= 15 is 0 Å². The molecular weight excluding hydrogens is 352 g/mol. The molecule has 6 heteroatoms. The molecule has 2 aromatic carbocycles. The first-order valence-corrected chi connectivity index (χ1v) is 8.94. The van der Waals surface area contributed by atoms with E-state index in [1.54, 1.807) is 17.0 Å². The van der Waals surface area contributed by atoms with Crippen LogP contribution in [0, 0.1) is 12.8 Å². The Kier molecular flexibility index (Phi) is 5.78. The van der Waals surface area contributed by atoms with Crippen LogP contribution in [0.3, 0.4) is 0 Å². The van der Waals surface area contributed by atoms with Crippen molar-refractivity contribution < 1.29 is 14.3 Å². The zero-order valence-corrected chi connectivity index (χ0v) is 15.3. The zero-order valence-electron chi connectivity index (χ0n) is 14.6. The summed E-state index contributed by atoms with van der Waals surface area (Å²) < 4.78 is 5.55. The molecule has 1 atom stereocenters. The number of rotatable bonds is 6. The Labute approximate surface area is 157 Å². The number of anilines is 1. The summed E-state index contributed by atoms with van der Waals surface area (Å²) in [5.74, 6) is 0.0890. The van der Waals surface area contributed by atoms with Crippen LogP contribution in [0.25, 0.3) is 0 Å². The number of hydrogen-bond donors (Lipinski definition) is 1. The first kappa shape index (κ1) is 18.3. The second kappa shape index (κ2) is 8.23. The minimum Gasteiger partial charge on any atom is -0.490 e. The fraction of sp³-hybridized carbons (Fsp3) is 0.300. The third-order valence-corrected chi connectivity index (χ3v) is 4.65. The van der Waals surface area contributed by atoms with Gasteiger partial charge in [-0.15, -0.1) is 0 Å². The summed E-state index contributed by atoms with van der Waals surface area (Å²) in [6.07, 6.45) is 0.227. The van der Waals surface area contributed by atoms with Crippen molar-refractivity contribution >= 4 is 29.1 Å². The number of benzene rings is 2. The number of amides is 2. The molecule has 1 N–H and O–H groups in total. The molecule has 0 saturated carbocycles. The molecule has 2 aromatic rings. The number of nitrogens with one attached hydrogen (secondary N) is 1. The molecule has 5 nitrogen and oxygen atoms in total. The highest BCUT2D eigenvalue weighted by molar-refractivity contribution is 6.32. The molecule has 1 saturated heterocycles. The normalized spacial score (nSPS) is 16.6. The number of hydrogen-bond acceptors (Lipinski definition) is 3. The van der Waals surface area contributed by atoms with E-state index < -0.39 is 0 Å². The number of halogens is 1. The van der Waals surface area contributed by atoms with E-state index in [-0.39, 0.29) is 24.2 Å². The van der Waals surface area contributed by atoms with E-state index in [1.165, 1.54) is 0 Å². The average molecular weight is 373 g/mol. The molecule has 0 aliphatic carbocycles. The first-order chi connectivity index (χ1) is 12.5. The lowest BCUT2D eigenvalue weighted by Gasteiger charge is -2.17. The molecule has 0 aromatic heterocycles. The third-order valence-electron chi connectivity index (χ3n) is 4.34. The van der Waals surface area contributed by atoms with Gasteiger partial charge in [-0.2, -0.15) is 0 Å². The van der Waals surface area contributed by atoms with Crippen molar-refractivity contribution in [2.75, 3.05) is 24.6 Å². The summed E-state index contributed by atoms with van der Waals surface area (Å²) in [5, 5.41) is 3.37. The number of ether oxygens (including phenoxy) is 1. The third kappa shape index (κ3) is 4.35. The quantitative estimate of drug-likeness (QED) is 0.792. The minimum atomic E-state index is -0.343. The number of carbonyl (C=O) groups is 2. The fourth-order valence-corrected chi connectivity index (χ4v) is 3.09. The van der Waals surface area contributed by atoms with Crippen molar-refractivity contribution in [3.63, 3.8) is 0 Å². The maximum Gasteiger partial charge on any atom is 0.227 e. The molecule has 0 unspecified atom stereocenters. The summed E-state index contributed by atoms with van der Waals surface area (Å²) in [6, 6.07) is 14.9. The zero-order chi connectivity index (χ0) is 18.5. The number of nitrogens with zero attached hydrogens (tertiary/aromatic N) is 1. The molecule has 1 fully saturated rings. The van der Waals surface area contributed by atoms with Crippen LogP contribution in [0.2, 0.25) is 5.02 Å². The predicted molar refractivity (Wildman–Crippen MR) is 102 cm³/mol. The van der Waals surface area contributed by atoms with Crippen LogP contribution in [-0.4, -0.2) is 31.5 Å². The molecule has 3 rings (SSSR count). The van der Waals surface area contributed by atoms with Gasteiger partial charge in [-0.1, -0.05) is 41.4 Å². The summed E-state index contributed by atoms with van der Waals surface area (Å²) in [7, 11) is 0. The van der Waals surface area contributed by atoms with Gasteiger partial charge in [0.2, 0.25) is 11.8 Å². The van der Waals surface area contributed by atoms with Crippen molar-refractivity contribution in [3.8, 4) is 5.75 Å². The van der Waals surface area contributed by atoms with Gasteiger partial charge in [-0.05, 0) is 31.2 Å². The van der Waals surface area contributed by atoms with E-state index in [2.05, 4.69) is 5.32 Å². The Morgan fingerprint density at radius 2 is 1.96 bits per heavy atom.